The predicted octanol–water partition coefficient (Wildman–Crippen LogP) is 4.98. The molecule has 3 aromatic rings. The van der Waals surface area contributed by atoms with Gasteiger partial charge in [-0.2, -0.15) is 18.2 Å². The molecule has 4 rings (SSSR count). The molecule has 1 aromatic heterocycles. The average Bonchev–Trinajstić information content (AvgIpc) is 3.41. The van der Waals surface area contributed by atoms with Crippen LogP contribution in [0.1, 0.15) is 74.0 Å². The second kappa shape index (κ2) is 12.3. The van der Waals surface area contributed by atoms with E-state index < -0.39 is 29.4 Å². The molecular formula is C29H33F3N4O5. The zero-order valence-electron chi connectivity index (χ0n) is 23.1. The second-order valence-electron chi connectivity index (χ2n) is 10.6. The number of carbonyl (C=O) groups is 2. The number of carboxylic acid groups (broad SMARTS) is 1. The van der Waals surface area contributed by atoms with E-state index in [0.29, 0.717) is 61.9 Å². The SMILES string of the molecule is CC(=O)N1CCC(c2nc(C(NCCc3ccc(OC(C)(C)C(=O)O)cc3)c3ccc(C(F)(F)F)cc3)no2)CC1. The van der Waals surface area contributed by atoms with Gasteiger partial charge in [0, 0.05) is 32.5 Å². The van der Waals surface area contributed by atoms with Gasteiger partial charge < -0.3 is 24.6 Å². The van der Waals surface area contributed by atoms with Crippen molar-refractivity contribution in [1.29, 1.82) is 0 Å². The number of halogens is 3. The van der Waals surface area contributed by atoms with E-state index in [1.54, 1.807) is 17.0 Å². The number of aromatic nitrogens is 2. The number of amides is 1. The number of carboxylic acids is 1. The first-order valence-corrected chi connectivity index (χ1v) is 13.3. The summed E-state index contributed by atoms with van der Waals surface area (Å²) in [6.07, 6.45) is -2.52. The lowest BCUT2D eigenvalue weighted by Gasteiger charge is -2.29. The Balaban J connectivity index is 1.46. The Hall–Kier alpha value is -3.93. The monoisotopic (exact) mass is 574 g/mol. The van der Waals surface area contributed by atoms with E-state index in [2.05, 4.69) is 15.5 Å². The number of aliphatic carboxylic acids is 1. The van der Waals surface area contributed by atoms with Crippen LogP contribution in [0.3, 0.4) is 0 Å². The van der Waals surface area contributed by atoms with Crippen LogP contribution < -0.4 is 10.1 Å². The van der Waals surface area contributed by atoms with Gasteiger partial charge in [0.2, 0.25) is 11.8 Å². The van der Waals surface area contributed by atoms with Gasteiger partial charge in [-0.3, -0.25) is 4.79 Å². The van der Waals surface area contributed by atoms with Gasteiger partial charge in [-0.1, -0.05) is 29.4 Å². The molecule has 1 amide bonds. The third-order valence-electron chi connectivity index (χ3n) is 7.15. The Kier molecular flexibility index (Phi) is 9.01. The molecule has 0 radical (unpaired) electrons. The summed E-state index contributed by atoms with van der Waals surface area (Å²) < 4.78 is 50.6. The zero-order chi connectivity index (χ0) is 29.8. The standard InChI is InChI=1S/C29H33F3N4O5/c1-18(37)36-16-13-21(14-17-36)26-34-25(35-41-26)24(20-6-8-22(9-7-20)29(30,31)32)33-15-12-19-4-10-23(11-5-19)40-28(2,3)27(38)39/h4-11,21,24,33H,12-17H2,1-3H3,(H,38,39). The fourth-order valence-electron chi connectivity index (χ4n) is 4.62. The summed E-state index contributed by atoms with van der Waals surface area (Å²) in [5.74, 6) is 0.117. The number of alkyl halides is 3. The molecule has 2 N–H and O–H groups in total. The van der Waals surface area contributed by atoms with E-state index in [1.807, 2.05) is 12.1 Å². The quantitative estimate of drug-likeness (QED) is 0.348. The highest BCUT2D eigenvalue weighted by Gasteiger charge is 2.32. The first-order valence-electron chi connectivity index (χ1n) is 13.3. The third kappa shape index (κ3) is 7.63. The van der Waals surface area contributed by atoms with Crippen LogP contribution in [0.5, 0.6) is 5.75 Å². The molecule has 1 unspecified atom stereocenters. The summed E-state index contributed by atoms with van der Waals surface area (Å²) in [4.78, 5) is 29.3. The first kappa shape index (κ1) is 30.0. The van der Waals surface area contributed by atoms with Gasteiger partial charge in [0.05, 0.1) is 11.6 Å². The fraction of sp³-hybridized carbons (Fsp3) is 0.448. The van der Waals surface area contributed by atoms with Crippen LogP contribution in [0.4, 0.5) is 13.2 Å². The maximum atomic E-state index is 13.2. The van der Waals surface area contributed by atoms with E-state index in [1.165, 1.54) is 32.9 Å². The number of ether oxygens (including phenoxy) is 1. The van der Waals surface area contributed by atoms with Gasteiger partial charge in [-0.25, -0.2) is 4.79 Å². The van der Waals surface area contributed by atoms with Crippen molar-refractivity contribution in [2.24, 2.45) is 0 Å². The number of hydrogen-bond acceptors (Lipinski definition) is 7. The van der Waals surface area contributed by atoms with Crippen LogP contribution >= 0.6 is 0 Å². The Labute approximate surface area is 235 Å². The predicted molar refractivity (Wildman–Crippen MR) is 142 cm³/mol. The number of carbonyl (C=O) groups excluding carboxylic acids is 1. The molecule has 1 saturated heterocycles. The van der Waals surface area contributed by atoms with Gasteiger partial charge in [-0.15, -0.1) is 0 Å². The molecule has 0 saturated carbocycles. The summed E-state index contributed by atoms with van der Waals surface area (Å²) in [5.41, 5.74) is -0.628. The smallest absolute Gasteiger partial charge is 0.416 e. The molecule has 2 heterocycles. The molecule has 2 aromatic carbocycles. The normalized spacial score (nSPS) is 15.5. The van der Waals surface area contributed by atoms with Gasteiger partial charge in [0.25, 0.3) is 0 Å². The molecule has 1 atom stereocenters. The largest absolute Gasteiger partial charge is 0.478 e. The molecule has 1 fully saturated rings. The molecule has 1 aliphatic heterocycles. The van der Waals surface area contributed by atoms with Crippen molar-refractivity contribution in [1.82, 2.24) is 20.4 Å². The maximum absolute atomic E-state index is 13.2. The minimum Gasteiger partial charge on any atom is -0.478 e. The zero-order valence-corrected chi connectivity index (χ0v) is 23.1. The minimum absolute atomic E-state index is 0.00746. The van der Waals surface area contributed by atoms with Crippen molar-refractivity contribution in [3.63, 3.8) is 0 Å². The Morgan fingerprint density at radius 1 is 1.10 bits per heavy atom. The van der Waals surface area contributed by atoms with Crippen LogP contribution in [-0.4, -0.2) is 57.3 Å². The van der Waals surface area contributed by atoms with Gasteiger partial charge >= 0.3 is 12.1 Å². The summed E-state index contributed by atoms with van der Waals surface area (Å²) in [7, 11) is 0. The highest BCUT2D eigenvalue weighted by atomic mass is 19.4. The number of nitrogens with zero attached hydrogens (tertiary/aromatic N) is 3. The lowest BCUT2D eigenvalue weighted by atomic mass is 9.96. The van der Waals surface area contributed by atoms with Crippen molar-refractivity contribution in [3.8, 4) is 5.75 Å². The third-order valence-corrected chi connectivity index (χ3v) is 7.15. The van der Waals surface area contributed by atoms with Gasteiger partial charge in [0.15, 0.2) is 11.4 Å². The molecular weight excluding hydrogens is 541 g/mol. The van der Waals surface area contributed by atoms with Crippen LogP contribution in [0, 0.1) is 0 Å². The number of benzene rings is 2. The summed E-state index contributed by atoms with van der Waals surface area (Å²) in [6, 6.07) is 11.3. The fourth-order valence-corrected chi connectivity index (χ4v) is 4.62. The number of likely N-dealkylation sites (tertiary alicyclic amines) is 1. The second-order valence-corrected chi connectivity index (χ2v) is 10.6. The lowest BCUT2D eigenvalue weighted by molar-refractivity contribution is -0.152. The highest BCUT2D eigenvalue weighted by molar-refractivity contribution is 5.76. The summed E-state index contributed by atoms with van der Waals surface area (Å²) in [5, 5.41) is 16.8. The topological polar surface area (TPSA) is 118 Å². The molecule has 0 bridgehead atoms. The van der Waals surface area contributed by atoms with E-state index in [-0.39, 0.29) is 11.8 Å². The molecule has 12 heteroatoms. The molecule has 1 aliphatic rings. The van der Waals surface area contributed by atoms with Crippen molar-refractivity contribution in [2.45, 2.75) is 63.8 Å². The Bertz CT molecular complexity index is 1330. The first-order chi connectivity index (χ1) is 19.3. The van der Waals surface area contributed by atoms with Gasteiger partial charge in [0.1, 0.15) is 5.75 Å². The minimum atomic E-state index is -4.45. The van der Waals surface area contributed by atoms with E-state index in [4.69, 9.17) is 9.26 Å². The Morgan fingerprint density at radius 2 is 1.73 bits per heavy atom. The molecule has 0 aliphatic carbocycles. The van der Waals surface area contributed by atoms with E-state index >= 15 is 0 Å². The number of rotatable bonds is 10. The van der Waals surface area contributed by atoms with Crippen molar-refractivity contribution in [3.05, 3.63) is 76.9 Å². The molecule has 220 valence electrons. The lowest BCUT2D eigenvalue weighted by Crippen LogP contribution is -2.37. The molecule has 9 nitrogen and oxygen atoms in total. The Morgan fingerprint density at radius 3 is 2.29 bits per heavy atom. The highest BCUT2D eigenvalue weighted by Crippen LogP contribution is 2.32. The molecule has 0 spiro atoms. The van der Waals surface area contributed by atoms with Crippen molar-refractivity contribution < 1.29 is 37.1 Å². The number of nitrogens with one attached hydrogen (secondary N) is 1. The van der Waals surface area contributed by atoms with Gasteiger partial charge in [-0.05, 0) is 68.5 Å². The van der Waals surface area contributed by atoms with E-state index in [9.17, 15) is 27.9 Å². The van der Waals surface area contributed by atoms with Crippen LogP contribution in [0.2, 0.25) is 0 Å². The van der Waals surface area contributed by atoms with Crippen LogP contribution in [0.15, 0.2) is 53.1 Å². The van der Waals surface area contributed by atoms with Crippen LogP contribution in [-0.2, 0) is 22.2 Å². The maximum Gasteiger partial charge on any atom is 0.416 e. The summed E-state index contributed by atoms with van der Waals surface area (Å²) in [6.45, 7) is 6.09. The van der Waals surface area contributed by atoms with Crippen molar-refractivity contribution in [2.75, 3.05) is 19.6 Å². The molecule has 41 heavy (non-hydrogen) atoms. The van der Waals surface area contributed by atoms with Crippen LogP contribution in [0.25, 0.3) is 0 Å². The van der Waals surface area contributed by atoms with E-state index in [0.717, 1.165) is 17.7 Å². The summed E-state index contributed by atoms with van der Waals surface area (Å²) >= 11 is 0. The number of piperidine rings is 1. The average molecular weight is 575 g/mol. The van der Waals surface area contributed by atoms with Crippen molar-refractivity contribution >= 4 is 11.9 Å². The number of hydrogen-bond donors (Lipinski definition) is 2.